The first-order chi connectivity index (χ1) is 10.6. The molecule has 0 bridgehead atoms. The normalized spacial score (nSPS) is 20.4. The fraction of sp³-hybridized carbons (Fsp3) is 0.562. The standard InChI is InChI=1S/C16H21BClFO4/c1-15(2)16(3,4)23-17(22-15)11(9-14(20)21-5)10-6-7-13(19)12(18)8-10/h6-8,11H,9H2,1-5H3. The van der Waals surface area contributed by atoms with E-state index < -0.39 is 35.9 Å². The van der Waals surface area contributed by atoms with E-state index in [0.717, 1.165) is 0 Å². The molecule has 1 aromatic carbocycles. The van der Waals surface area contributed by atoms with Gasteiger partial charge in [-0.05, 0) is 45.4 Å². The lowest BCUT2D eigenvalue weighted by Gasteiger charge is -2.32. The van der Waals surface area contributed by atoms with Crippen molar-refractivity contribution in [2.75, 3.05) is 7.11 Å². The molecule has 1 unspecified atom stereocenters. The number of hydrogen-bond acceptors (Lipinski definition) is 4. The van der Waals surface area contributed by atoms with Gasteiger partial charge in [0, 0.05) is 5.82 Å². The molecule has 1 aliphatic rings. The van der Waals surface area contributed by atoms with Gasteiger partial charge in [0.15, 0.2) is 0 Å². The number of methoxy groups -OCH3 is 1. The minimum atomic E-state index is -0.652. The van der Waals surface area contributed by atoms with Crippen LogP contribution in [0.2, 0.25) is 5.02 Å². The fourth-order valence-electron chi connectivity index (χ4n) is 2.43. The van der Waals surface area contributed by atoms with Crippen LogP contribution in [0.4, 0.5) is 4.39 Å². The van der Waals surface area contributed by atoms with Crippen molar-refractivity contribution in [3.8, 4) is 0 Å². The van der Waals surface area contributed by atoms with Gasteiger partial charge in [-0.1, -0.05) is 17.7 Å². The molecular weight excluding hydrogens is 321 g/mol. The minimum absolute atomic E-state index is 0.00566. The van der Waals surface area contributed by atoms with Gasteiger partial charge in [-0.3, -0.25) is 4.79 Å². The van der Waals surface area contributed by atoms with Crippen LogP contribution in [0, 0.1) is 5.82 Å². The molecule has 1 aromatic rings. The van der Waals surface area contributed by atoms with Crippen molar-refractivity contribution in [2.45, 2.75) is 51.1 Å². The first kappa shape index (κ1) is 18.2. The van der Waals surface area contributed by atoms with Crippen LogP contribution in [0.3, 0.4) is 0 Å². The Labute approximate surface area is 141 Å². The molecule has 0 N–H and O–H groups in total. The molecule has 7 heteroatoms. The Morgan fingerprint density at radius 2 is 1.87 bits per heavy atom. The highest BCUT2D eigenvalue weighted by molar-refractivity contribution is 6.48. The van der Waals surface area contributed by atoms with E-state index >= 15 is 0 Å². The third-order valence-corrected chi connectivity index (χ3v) is 4.88. The maximum absolute atomic E-state index is 13.4. The highest BCUT2D eigenvalue weighted by Crippen LogP contribution is 2.42. The summed E-state index contributed by atoms with van der Waals surface area (Å²) in [7, 11) is 0.669. The average molecular weight is 343 g/mol. The van der Waals surface area contributed by atoms with E-state index in [9.17, 15) is 9.18 Å². The van der Waals surface area contributed by atoms with E-state index in [4.69, 9.17) is 25.6 Å². The molecule has 2 rings (SSSR count). The topological polar surface area (TPSA) is 44.8 Å². The van der Waals surface area contributed by atoms with Gasteiger partial charge in [0.1, 0.15) is 5.82 Å². The summed E-state index contributed by atoms with van der Waals surface area (Å²) in [5, 5.41) is -0.00566. The van der Waals surface area contributed by atoms with Gasteiger partial charge in [0.2, 0.25) is 0 Å². The van der Waals surface area contributed by atoms with Gasteiger partial charge >= 0.3 is 13.1 Å². The van der Waals surface area contributed by atoms with E-state index in [2.05, 4.69) is 0 Å². The number of carbonyl (C=O) groups excluding carboxylic acids is 1. The van der Waals surface area contributed by atoms with Gasteiger partial charge in [-0.2, -0.15) is 0 Å². The van der Waals surface area contributed by atoms with Gasteiger partial charge in [0.25, 0.3) is 0 Å². The molecule has 1 saturated heterocycles. The number of halogens is 2. The second kappa shape index (κ2) is 6.42. The third-order valence-electron chi connectivity index (χ3n) is 4.59. The van der Waals surface area contributed by atoms with Gasteiger partial charge in [0.05, 0.1) is 29.8 Å². The number of benzene rings is 1. The number of ether oxygens (including phenoxy) is 1. The van der Waals surface area contributed by atoms with Gasteiger partial charge in [-0.15, -0.1) is 0 Å². The average Bonchev–Trinajstić information content (AvgIpc) is 2.67. The van der Waals surface area contributed by atoms with Crippen LogP contribution in [0.1, 0.15) is 45.5 Å². The molecule has 0 saturated carbocycles. The second-order valence-electron chi connectivity index (χ2n) is 6.69. The molecular formula is C16H21BClFO4. The monoisotopic (exact) mass is 342 g/mol. The molecule has 1 heterocycles. The molecule has 0 amide bonds. The van der Waals surface area contributed by atoms with Crippen molar-refractivity contribution >= 4 is 24.7 Å². The number of esters is 1. The molecule has 23 heavy (non-hydrogen) atoms. The summed E-state index contributed by atoms with van der Waals surface area (Å²) < 4.78 is 30.2. The lowest BCUT2D eigenvalue weighted by Crippen LogP contribution is -2.41. The Bertz CT molecular complexity index is 590. The van der Waals surface area contributed by atoms with Crippen LogP contribution < -0.4 is 0 Å². The van der Waals surface area contributed by atoms with Gasteiger partial charge < -0.3 is 14.0 Å². The molecule has 0 spiro atoms. The van der Waals surface area contributed by atoms with Crippen LogP contribution in [0.5, 0.6) is 0 Å². The largest absolute Gasteiger partial charge is 0.469 e. The molecule has 0 radical (unpaired) electrons. The SMILES string of the molecule is COC(=O)CC(B1OC(C)(C)C(C)(C)O1)c1ccc(F)c(Cl)c1. The van der Waals surface area contributed by atoms with Crippen molar-refractivity contribution in [3.05, 3.63) is 34.6 Å². The maximum atomic E-state index is 13.4. The molecule has 126 valence electrons. The summed E-state index contributed by atoms with van der Waals surface area (Å²) in [5.74, 6) is -1.35. The maximum Gasteiger partial charge on any atom is 0.466 e. The van der Waals surface area contributed by atoms with Crippen molar-refractivity contribution in [1.82, 2.24) is 0 Å². The predicted molar refractivity (Wildman–Crippen MR) is 86.9 cm³/mol. The van der Waals surface area contributed by atoms with E-state index in [1.54, 1.807) is 6.07 Å². The summed E-state index contributed by atoms with van der Waals surface area (Å²) in [6.07, 6.45) is 0.0509. The smallest absolute Gasteiger partial charge is 0.466 e. The first-order valence-electron chi connectivity index (χ1n) is 7.45. The summed E-state index contributed by atoms with van der Waals surface area (Å²) in [4.78, 5) is 11.8. The Morgan fingerprint density at radius 3 is 2.35 bits per heavy atom. The van der Waals surface area contributed by atoms with Crippen LogP contribution in [0.15, 0.2) is 18.2 Å². The lowest BCUT2D eigenvalue weighted by atomic mass is 9.66. The summed E-state index contributed by atoms with van der Waals surface area (Å²) >= 11 is 5.87. The Balaban J connectivity index is 2.35. The van der Waals surface area contributed by atoms with Crippen molar-refractivity contribution < 1.29 is 23.2 Å². The van der Waals surface area contributed by atoms with E-state index in [-0.39, 0.29) is 11.4 Å². The van der Waals surface area contributed by atoms with Crippen LogP contribution >= 0.6 is 11.6 Å². The van der Waals surface area contributed by atoms with Crippen LogP contribution in [-0.2, 0) is 18.8 Å². The highest BCUT2D eigenvalue weighted by Gasteiger charge is 2.54. The van der Waals surface area contributed by atoms with Crippen LogP contribution in [0.25, 0.3) is 0 Å². The molecule has 4 nitrogen and oxygen atoms in total. The molecule has 1 aliphatic heterocycles. The van der Waals surface area contributed by atoms with Crippen molar-refractivity contribution in [2.24, 2.45) is 0 Å². The number of hydrogen-bond donors (Lipinski definition) is 0. The number of rotatable bonds is 4. The Morgan fingerprint density at radius 1 is 1.30 bits per heavy atom. The Hall–Kier alpha value is -1.11. The zero-order valence-corrected chi connectivity index (χ0v) is 14.7. The lowest BCUT2D eigenvalue weighted by molar-refractivity contribution is -0.140. The van der Waals surface area contributed by atoms with Crippen molar-refractivity contribution in [1.29, 1.82) is 0 Å². The van der Waals surface area contributed by atoms with Crippen LogP contribution in [-0.4, -0.2) is 31.4 Å². The predicted octanol–water partition coefficient (Wildman–Crippen LogP) is 3.76. The molecule has 1 fully saturated rings. The molecule has 0 aromatic heterocycles. The first-order valence-corrected chi connectivity index (χ1v) is 7.82. The fourth-order valence-corrected chi connectivity index (χ4v) is 2.62. The zero-order chi connectivity index (χ0) is 17.4. The Kier molecular flexibility index (Phi) is 5.09. The number of carbonyl (C=O) groups is 1. The minimum Gasteiger partial charge on any atom is -0.469 e. The summed E-state index contributed by atoms with van der Waals surface area (Å²) in [6.45, 7) is 7.72. The second-order valence-corrected chi connectivity index (χ2v) is 7.09. The summed E-state index contributed by atoms with van der Waals surface area (Å²) in [5.41, 5.74) is -0.397. The van der Waals surface area contributed by atoms with E-state index in [0.29, 0.717) is 5.56 Å². The highest BCUT2D eigenvalue weighted by atomic mass is 35.5. The zero-order valence-electron chi connectivity index (χ0n) is 14.0. The molecule has 1 atom stereocenters. The third kappa shape index (κ3) is 3.70. The quantitative estimate of drug-likeness (QED) is 0.617. The van der Waals surface area contributed by atoms with E-state index in [1.165, 1.54) is 19.2 Å². The molecule has 0 aliphatic carbocycles. The van der Waals surface area contributed by atoms with E-state index in [1.807, 2.05) is 27.7 Å². The summed E-state index contributed by atoms with van der Waals surface area (Å²) in [6, 6.07) is 4.35. The van der Waals surface area contributed by atoms with Gasteiger partial charge in [-0.25, -0.2) is 4.39 Å². The van der Waals surface area contributed by atoms with Crippen molar-refractivity contribution in [3.63, 3.8) is 0 Å².